The van der Waals surface area contributed by atoms with E-state index in [1.807, 2.05) is 6.92 Å². The largest absolute Gasteiger partial charge is 0.508 e. The molecule has 0 fully saturated rings. The van der Waals surface area contributed by atoms with Gasteiger partial charge in [-0.3, -0.25) is 4.79 Å². The van der Waals surface area contributed by atoms with Crippen LogP contribution in [0.4, 0.5) is 0 Å². The van der Waals surface area contributed by atoms with Crippen LogP contribution < -0.4 is 11.1 Å². The molecule has 4 N–H and O–H groups in total. The second-order valence-electron chi connectivity index (χ2n) is 5.00. The van der Waals surface area contributed by atoms with Gasteiger partial charge in [-0.25, -0.2) is 0 Å². The smallest absolute Gasteiger partial charge is 0.237 e. The lowest BCUT2D eigenvalue weighted by molar-refractivity contribution is -0.122. The molecule has 112 valence electrons. The molecule has 0 bridgehead atoms. The first-order valence-electron chi connectivity index (χ1n) is 6.70. The van der Waals surface area contributed by atoms with E-state index in [1.54, 1.807) is 31.2 Å². The molecule has 1 amide bonds. The fourth-order valence-corrected chi connectivity index (χ4v) is 2.04. The number of benzene rings is 1. The van der Waals surface area contributed by atoms with E-state index in [4.69, 9.17) is 10.3 Å². The van der Waals surface area contributed by atoms with Crippen LogP contribution in [0.5, 0.6) is 5.75 Å². The minimum atomic E-state index is -0.644. The van der Waals surface area contributed by atoms with Gasteiger partial charge in [-0.1, -0.05) is 17.3 Å². The zero-order valence-corrected chi connectivity index (χ0v) is 12.1. The van der Waals surface area contributed by atoms with E-state index in [-0.39, 0.29) is 11.7 Å². The lowest BCUT2D eigenvalue weighted by atomic mass is 10.1. The second kappa shape index (κ2) is 6.41. The van der Waals surface area contributed by atoms with E-state index < -0.39 is 6.04 Å². The van der Waals surface area contributed by atoms with E-state index in [2.05, 4.69) is 10.5 Å². The third kappa shape index (κ3) is 3.82. The normalized spacial score (nSPS) is 12.1. The van der Waals surface area contributed by atoms with Crippen molar-refractivity contribution in [3.63, 3.8) is 0 Å². The minimum absolute atomic E-state index is 0.190. The summed E-state index contributed by atoms with van der Waals surface area (Å²) in [5, 5.41) is 15.8. The number of aryl methyl sites for hydroxylation is 2. The zero-order valence-electron chi connectivity index (χ0n) is 12.1. The fourth-order valence-electron chi connectivity index (χ4n) is 2.04. The summed E-state index contributed by atoms with van der Waals surface area (Å²) in [4.78, 5) is 12.0. The first-order valence-corrected chi connectivity index (χ1v) is 6.70. The number of amides is 1. The van der Waals surface area contributed by atoms with Gasteiger partial charge in [-0.05, 0) is 38.0 Å². The molecular formula is C15H19N3O3. The number of carbonyl (C=O) groups is 1. The van der Waals surface area contributed by atoms with Crippen molar-refractivity contribution in [3.05, 3.63) is 46.8 Å². The van der Waals surface area contributed by atoms with E-state index >= 15 is 0 Å². The number of phenolic OH excluding ortho intramolecular Hbond substituents is 1. The van der Waals surface area contributed by atoms with Gasteiger partial charge in [-0.15, -0.1) is 0 Å². The lowest BCUT2D eigenvalue weighted by Crippen LogP contribution is -2.41. The van der Waals surface area contributed by atoms with Crippen LogP contribution in [0.2, 0.25) is 0 Å². The number of phenols is 1. The molecule has 1 aromatic carbocycles. The van der Waals surface area contributed by atoms with Gasteiger partial charge >= 0.3 is 0 Å². The maximum absolute atomic E-state index is 12.0. The van der Waals surface area contributed by atoms with Crippen LogP contribution in [-0.4, -0.2) is 22.2 Å². The maximum atomic E-state index is 12.0. The van der Waals surface area contributed by atoms with Gasteiger partial charge in [0.25, 0.3) is 0 Å². The summed E-state index contributed by atoms with van der Waals surface area (Å²) in [6, 6.07) is 6.00. The first-order chi connectivity index (χ1) is 9.97. The highest BCUT2D eigenvalue weighted by atomic mass is 16.5. The molecule has 0 radical (unpaired) electrons. The lowest BCUT2D eigenvalue weighted by Gasteiger charge is -2.12. The molecule has 1 aromatic heterocycles. The van der Waals surface area contributed by atoms with Crippen LogP contribution in [0.1, 0.15) is 22.6 Å². The highest BCUT2D eigenvalue weighted by Crippen LogP contribution is 2.12. The Kier molecular flexibility index (Phi) is 4.59. The number of aromatic nitrogens is 1. The predicted octanol–water partition coefficient (Wildman–Crippen LogP) is 1.18. The molecule has 1 atom stereocenters. The summed E-state index contributed by atoms with van der Waals surface area (Å²) < 4.78 is 5.04. The molecular weight excluding hydrogens is 270 g/mol. The van der Waals surface area contributed by atoms with Crippen molar-refractivity contribution in [2.75, 3.05) is 0 Å². The molecule has 0 aliphatic rings. The van der Waals surface area contributed by atoms with Crippen molar-refractivity contribution in [1.29, 1.82) is 0 Å². The number of hydrogen-bond acceptors (Lipinski definition) is 5. The van der Waals surface area contributed by atoms with Crippen LogP contribution in [0.3, 0.4) is 0 Å². The van der Waals surface area contributed by atoms with Gasteiger partial charge in [0, 0.05) is 12.1 Å². The Balaban J connectivity index is 1.89. The molecule has 2 rings (SSSR count). The zero-order chi connectivity index (χ0) is 15.4. The summed E-state index contributed by atoms with van der Waals surface area (Å²) in [5.41, 5.74) is 8.42. The molecule has 2 aromatic rings. The van der Waals surface area contributed by atoms with Crippen molar-refractivity contribution in [2.45, 2.75) is 32.9 Å². The predicted molar refractivity (Wildman–Crippen MR) is 77.6 cm³/mol. The van der Waals surface area contributed by atoms with Gasteiger partial charge in [0.1, 0.15) is 11.5 Å². The van der Waals surface area contributed by atoms with Crippen molar-refractivity contribution >= 4 is 5.91 Å². The third-order valence-corrected chi connectivity index (χ3v) is 3.35. The van der Waals surface area contributed by atoms with E-state index in [0.29, 0.717) is 18.7 Å². The minimum Gasteiger partial charge on any atom is -0.508 e. The molecule has 0 aliphatic heterocycles. The van der Waals surface area contributed by atoms with E-state index in [0.717, 1.165) is 16.8 Å². The highest BCUT2D eigenvalue weighted by Gasteiger charge is 2.16. The topological polar surface area (TPSA) is 101 Å². The average molecular weight is 289 g/mol. The molecule has 0 saturated carbocycles. The molecule has 0 saturated heterocycles. The van der Waals surface area contributed by atoms with Crippen LogP contribution >= 0.6 is 0 Å². The van der Waals surface area contributed by atoms with Gasteiger partial charge in [-0.2, -0.15) is 0 Å². The van der Waals surface area contributed by atoms with Crippen LogP contribution in [0.25, 0.3) is 0 Å². The molecule has 1 heterocycles. The van der Waals surface area contributed by atoms with Crippen LogP contribution in [0.15, 0.2) is 28.8 Å². The number of rotatable bonds is 5. The number of aromatic hydroxyl groups is 1. The quantitative estimate of drug-likeness (QED) is 0.767. The Morgan fingerprint density at radius 1 is 1.38 bits per heavy atom. The number of nitrogens with zero attached hydrogens (tertiary/aromatic N) is 1. The van der Waals surface area contributed by atoms with Gasteiger partial charge in [0.2, 0.25) is 5.91 Å². The Morgan fingerprint density at radius 2 is 2.05 bits per heavy atom. The average Bonchev–Trinajstić information content (AvgIpc) is 2.78. The summed E-state index contributed by atoms with van der Waals surface area (Å²) >= 11 is 0. The van der Waals surface area contributed by atoms with Gasteiger partial charge in [0.15, 0.2) is 0 Å². The SMILES string of the molecule is Cc1noc(C)c1CNC(=O)[C@H](N)Cc1ccc(O)cc1. The molecule has 6 nitrogen and oxygen atoms in total. The fraction of sp³-hybridized carbons (Fsp3) is 0.333. The second-order valence-corrected chi connectivity index (χ2v) is 5.00. The Hall–Kier alpha value is -2.34. The number of hydrogen-bond donors (Lipinski definition) is 3. The van der Waals surface area contributed by atoms with Crippen LogP contribution in [0, 0.1) is 13.8 Å². The summed E-state index contributed by atoms with van der Waals surface area (Å²) in [7, 11) is 0. The Labute approximate surface area is 122 Å². The van der Waals surface area contributed by atoms with Crippen molar-refractivity contribution < 1.29 is 14.4 Å². The molecule has 0 unspecified atom stereocenters. The monoisotopic (exact) mass is 289 g/mol. The standard InChI is InChI=1S/C15H19N3O3/c1-9-13(10(2)21-18-9)8-17-15(20)14(16)7-11-3-5-12(19)6-4-11/h3-6,14,19H,7-8,16H2,1-2H3,(H,17,20)/t14-/m1/s1. The molecule has 0 aliphatic carbocycles. The van der Waals surface area contributed by atoms with E-state index in [9.17, 15) is 9.90 Å². The summed E-state index contributed by atoms with van der Waals surface area (Å²) in [5.74, 6) is 0.651. The van der Waals surface area contributed by atoms with E-state index in [1.165, 1.54) is 0 Å². The number of carbonyl (C=O) groups excluding carboxylic acids is 1. The van der Waals surface area contributed by atoms with Gasteiger partial charge < -0.3 is 20.7 Å². The number of nitrogens with two attached hydrogens (primary N) is 1. The van der Waals surface area contributed by atoms with Crippen molar-refractivity contribution in [1.82, 2.24) is 10.5 Å². The van der Waals surface area contributed by atoms with Crippen LogP contribution in [-0.2, 0) is 17.8 Å². The third-order valence-electron chi connectivity index (χ3n) is 3.35. The molecule has 0 spiro atoms. The Morgan fingerprint density at radius 3 is 2.62 bits per heavy atom. The maximum Gasteiger partial charge on any atom is 0.237 e. The summed E-state index contributed by atoms with van der Waals surface area (Å²) in [6.45, 7) is 3.98. The molecule has 21 heavy (non-hydrogen) atoms. The first kappa shape index (κ1) is 15.1. The van der Waals surface area contributed by atoms with Crippen molar-refractivity contribution in [2.24, 2.45) is 5.73 Å². The van der Waals surface area contributed by atoms with Crippen molar-refractivity contribution in [3.8, 4) is 5.75 Å². The van der Waals surface area contributed by atoms with Gasteiger partial charge in [0.05, 0.1) is 11.7 Å². The Bertz CT molecular complexity index is 600. The number of nitrogens with one attached hydrogen (secondary N) is 1. The molecule has 6 heteroatoms. The summed E-state index contributed by atoms with van der Waals surface area (Å²) in [6.07, 6.45) is 0.410. The highest BCUT2D eigenvalue weighted by molar-refractivity contribution is 5.81.